The van der Waals surface area contributed by atoms with Gasteiger partial charge < -0.3 is 9.73 Å². The summed E-state index contributed by atoms with van der Waals surface area (Å²) in [5, 5.41) is 2.84. The highest BCUT2D eigenvalue weighted by Crippen LogP contribution is 2.29. The van der Waals surface area contributed by atoms with Crippen molar-refractivity contribution >= 4 is 5.91 Å². The van der Waals surface area contributed by atoms with E-state index in [-0.39, 0.29) is 11.7 Å². The van der Waals surface area contributed by atoms with E-state index in [9.17, 15) is 18.0 Å². The van der Waals surface area contributed by atoms with Gasteiger partial charge >= 0.3 is 6.18 Å². The Balaban J connectivity index is 1.44. The fraction of sp³-hybridized carbons (Fsp3) is 0.179. The second-order valence-electron chi connectivity index (χ2n) is 8.26. The molecule has 3 aromatic carbocycles. The summed E-state index contributed by atoms with van der Waals surface area (Å²) in [6.45, 7) is 1.77. The third-order valence-electron chi connectivity index (χ3n) is 5.50. The van der Waals surface area contributed by atoms with Crippen LogP contribution in [0.4, 0.5) is 13.2 Å². The molecule has 35 heavy (non-hydrogen) atoms. The number of benzene rings is 3. The van der Waals surface area contributed by atoms with Crippen molar-refractivity contribution in [3.63, 3.8) is 0 Å². The average molecular weight is 479 g/mol. The highest BCUT2D eigenvalue weighted by molar-refractivity contribution is 5.91. The summed E-state index contributed by atoms with van der Waals surface area (Å²) in [5.41, 5.74) is 2.12. The minimum atomic E-state index is -4.37. The Kier molecular flexibility index (Phi) is 7.67. The Morgan fingerprint density at radius 1 is 0.714 bits per heavy atom. The number of alkyl halides is 3. The molecule has 0 saturated carbocycles. The van der Waals surface area contributed by atoms with Crippen molar-refractivity contribution in [2.45, 2.75) is 32.4 Å². The third kappa shape index (κ3) is 7.07. The van der Waals surface area contributed by atoms with E-state index in [1.165, 1.54) is 12.1 Å². The van der Waals surface area contributed by atoms with Gasteiger partial charge in [0.25, 0.3) is 5.91 Å². The van der Waals surface area contributed by atoms with E-state index in [2.05, 4.69) is 10.2 Å². The molecule has 1 N–H and O–H groups in total. The van der Waals surface area contributed by atoms with Crippen LogP contribution >= 0.6 is 0 Å². The maximum Gasteiger partial charge on any atom is 0.416 e. The molecule has 7 heteroatoms. The maximum atomic E-state index is 12.9. The first kappa shape index (κ1) is 24.3. The van der Waals surface area contributed by atoms with Crippen LogP contribution in [0.2, 0.25) is 0 Å². The van der Waals surface area contributed by atoms with Crippen LogP contribution in [0, 0.1) is 0 Å². The highest BCUT2D eigenvalue weighted by atomic mass is 19.4. The molecule has 1 heterocycles. The van der Waals surface area contributed by atoms with Crippen molar-refractivity contribution in [1.29, 1.82) is 0 Å². The van der Waals surface area contributed by atoms with Crippen LogP contribution in [0.15, 0.2) is 101 Å². The van der Waals surface area contributed by atoms with Gasteiger partial charge in [0.1, 0.15) is 5.76 Å². The van der Waals surface area contributed by atoms with Gasteiger partial charge in [0.15, 0.2) is 5.76 Å². The quantitative estimate of drug-likeness (QED) is 0.302. The number of nitrogens with zero attached hydrogens (tertiary/aromatic N) is 1. The molecule has 0 saturated heterocycles. The lowest BCUT2D eigenvalue weighted by Gasteiger charge is -2.22. The van der Waals surface area contributed by atoms with Gasteiger partial charge in [-0.2, -0.15) is 13.2 Å². The minimum Gasteiger partial charge on any atom is -0.455 e. The maximum absolute atomic E-state index is 12.9. The molecule has 0 fully saturated rings. The molecule has 4 aromatic rings. The lowest BCUT2D eigenvalue weighted by Crippen LogP contribution is -2.23. The Hall–Kier alpha value is -3.84. The van der Waals surface area contributed by atoms with Crippen LogP contribution in [-0.4, -0.2) is 10.8 Å². The van der Waals surface area contributed by atoms with Crippen molar-refractivity contribution in [1.82, 2.24) is 10.2 Å². The van der Waals surface area contributed by atoms with Gasteiger partial charge in [-0.15, -0.1) is 0 Å². The molecule has 180 valence electrons. The molecule has 0 radical (unpaired) electrons. The van der Waals surface area contributed by atoms with Crippen LogP contribution in [0.25, 0.3) is 0 Å². The Morgan fingerprint density at radius 2 is 1.29 bits per heavy atom. The second kappa shape index (κ2) is 11.1. The molecular weight excluding hydrogens is 453 g/mol. The fourth-order valence-corrected chi connectivity index (χ4v) is 3.74. The molecular formula is C28H25F3N2O2. The molecule has 4 nitrogen and oxygen atoms in total. The van der Waals surface area contributed by atoms with Gasteiger partial charge in [-0.3, -0.25) is 9.69 Å². The van der Waals surface area contributed by atoms with E-state index >= 15 is 0 Å². The minimum absolute atomic E-state index is 0.213. The number of furan rings is 1. The monoisotopic (exact) mass is 478 g/mol. The van der Waals surface area contributed by atoms with Crippen LogP contribution < -0.4 is 5.32 Å². The van der Waals surface area contributed by atoms with E-state index in [4.69, 9.17) is 4.42 Å². The van der Waals surface area contributed by atoms with Crippen LogP contribution in [-0.2, 0) is 32.4 Å². The number of carbonyl (C=O) groups excluding carboxylic acids is 1. The molecule has 0 aliphatic heterocycles. The molecule has 0 bridgehead atoms. The number of rotatable bonds is 9. The van der Waals surface area contributed by atoms with Gasteiger partial charge in [0.05, 0.1) is 12.1 Å². The zero-order valence-electron chi connectivity index (χ0n) is 19.0. The van der Waals surface area contributed by atoms with E-state index in [1.54, 1.807) is 12.1 Å². The molecule has 0 unspecified atom stereocenters. The van der Waals surface area contributed by atoms with Crippen molar-refractivity contribution < 1.29 is 22.4 Å². The fourth-order valence-electron chi connectivity index (χ4n) is 3.74. The third-order valence-corrected chi connectivity index (χ3v) is 5.50. The number of amides is 1. The summed E-state index contributed by atoms with van der Waals surface area (Å²) in [7, 11) is 0. The highest BCUT2D eigenvalue weighted by Gasteiger charge is 2.30. The zero-order chi connectivity index (χ0) is 24.7. The van der Waals surface area contributed by atoms with E-state index in [1.807, 2.05) is 60.7 Å². The Labute approximate surface area is 202 Å². The summed E-state index contributed by atoms with van der Waals surface area (Å²) in [6.07, 6.45) is -4.37. The summed E-state index contributed by atoms with van der Waals surface area (Å²) in [6, 6.07) is 27.9. The SMILES string of the molecule is O=C(NCc1ccccc1)c1ccc(CN(Cc2ccccc2)Cc2ccc(C(F)(F)F)cc2)o1. The molecule has 0 aliphatic carbocycles. The van der Waals surface area contributed by atoms with Crippen LogP contribution in [0.1, 0.15) is 38.6 Å². The van der Waals surface area contributed by atoms with Crippen LogP contribution in [0.3, 0.4) is 0 Å². The van der Waals surface area contributed by atoms with E-state index < -0.39 is 11.7 Å². The van der Waals surface area contributed by atoms with Crippen LogP contribution in [0.5, 0.6) is 0 Å². The van der Waals surface area contributed by atoms with Crippen molar-refractivity contribution in [2.75, 3.05) is 0 Å². The molecule has 1 amide bonds. The molecule has 0 atom stereocenters. The normalized spacial score (nSPS) is 11.5. The first-order chi connectivity index (χ1) is 16.9. The predicted molar refractivity (Wildman–Crippen MR) is 127 cm³/mol. The summed E-state index contributed by atoms with van der Waals surface area (Å²) in [4.78, 5) is 14.6. The standard InChI is InChI=1S/C28H25F3N2O2/c29-28(30,31)24-13-11-23(12-14-24)19-33(18-22-9-5-2-6-10-22)20-25-15-16-26(35-25)27(34)32-17-21-7-3-1-4-8-21/h1-16H,17-20H2,(H,32,34). The van der Waals surface area contributed by atoms with Crippen molar-refractivity contribution in [3.8, 4) is 0 Å². The first-order valence-electron chi connectivity index (χ1n) is 11.2. The number of hydrogen-bond donors (Lipinski definition) is 1. The van der Waals surface area contributed by atoms with Gasteiger partial charge in [0, 0.05) is 19.6 Å². The Bertz CT molecular complexity index is 1220. The number of halogens is 3. The average Bonchev–Trinajstić information content (AvgIpc) is 3.32. The van der Waals surface area contributed by atoms with Gasteiger partial charge in [-0.25, -0.2) is 0 Å². The van der Waals surface area contributed by atoms with Gasteiger partial charge in [0.2, 0.25) is 0 Å². The zero-order valence-corrected chi connectivity index (χ0v) is 19.0. The smallest absolute Gasteiger partial charge is 0.416 e. The number of hydrogen-bond acceptors (Lipinski definition) is 3. The summed E-state index contributed by atoms with van der Waals surface area (Å²) in [5.74, 6) is 0.500. The van der Waals surface area contributed by atoms with E-state index in [0.717, 1.165) is 28.8 Å². The number of carbonyl (C=O) groups is 1. The van der Waals surface area contributed by atoms with Crippen molar-refractivity contribution in [2.24, 2.45) is 0 Å². The first-order valence-corrected chi connectivity index (χ1v) is 11.2. The summed E-state index contributed by atoms with van der Waals surface area (Å²) < 4.78 is 44.6. The predicted octanol–water partition coefficient (Wildman–Crippen LogP) is 6.43. The Morgan fingerprint density at radius 3 is 1.89 bits per heavy atom. The van der Waals surface area contributed by atoms with Crippen molar-refractivity contribution in [3.05, 3.63) is 131 Å². The van der Waals surface area contributed by atoms with Gasteiger partial charge in [-0.05, 0) is 41.0 Å². The largest absolute Gasteiger partial charge is 0.455 e. The molecule has 0 aliphatic rings. The molecule has 1 aromatic heterocycles. The topological polar surface area (TPSA) is 45.5 Å². The number of nitrogens with one attached hydrogen (secondary N) is 1. The lowest BCUT2D eigenvalue weighted by molar-refractivity contribution is -0.137. The lowest BCUT2D eigenvalue weighted by atomic mass is 10.1. The van der Waals surface area contributed by atoms with Gasteiger partial charge in [-0.1, -0.05) is 72.8 Å². The van der Waals surface area contributed by atoms with E-state index in [0.29, 0.717) is 31.9 Å². The molecule has 0 spiro atoms. The molecule has 4 rings (SSSR count). The summed E-state index contributed by atoms with van der Waals surface area (Å²) >= 11 is 0. The second-order valence-corrected chi connectivity index (χ2v) is 8.26.